The molecule has 2 rings (SSSR count). The molecule has 0 bridgehead atoms. The number of unbranched alkanes of at least 4 members (excludes halogenated alkanes) is 9. The van der Waals surface area contributed by atoms with Crippen molar-refractivity contribution in [3.05, 3.63) is 18.2 Å². The number of epoxide rings is 1. The predicted molar refractivity (Wildman–Crippen MR) is 93.7 cm³/mol. The average molecular weight is 336 g/mol. The van der Waals surface area contributed by atoms with Crippen molar-refractivity contribution < 1.29 is 14.3 Å². The van der Waals surface area contributed by atoms with Crippen molar-refractivity contribution in [1.29, 1.82) is 0 Å². The van der Waals surface area contributed by atoms with Crippen molar-refractivity contribution >= 4 is 5.97 Å². The van der Waals surface area contributed by atoms with Gasteiger partial charge in [-0.3, -0.25) is 0 Å². The quantitative estimate of drug-likeness (QED) is 0.304. The van der Waals surface area contributed by atoms with E-state index in [0.717, 1.165) is 18.8 Å². The summed E-state index contributed by atoms with van der Waals surface area (Å²) < 4.78 is 12.2. The molecule has 1 saturated heterocycles. The van der Waals surface area contributed by atoms with Gasteiger partial charge in [-0.1, -0.05) is 64.7 Å². The summed E-state index contributed by atoms with van der Waals surface area (Å²) in [7, 11) is 1.39. The molecule has 2 heterocycles. The number of nitrogens with zero attached hydrogens (tertiary/aromatic N) is 2. The van der Waals surface area contributed by atoms with E-state index in [0.29, 0.717) is 0 Å². The minimum Gasteiger partial charge on any atom is -0.467 e. The van der Waals surface area contributed by atoms with Gasteiger partial charge in [-0.05, 0) is 6.42 Å². The number of methoxy groups -OCH3 is 1. The maximum absolute atomic E-state index is 11.5. The molecule has 24 heavy (non-hydrogen) atoms. The highest BCUT2D eigenvalue weighted by atomic mass is 16.6. The third kappa shape index (κ3) is 5.93. The van der Waals surface area contributed by atoms with E-state index >= 15 is 0 Å². The van der Waals surface area contributed by atoms with Crippen molar-refractivity contribution in [1.82, 2.24) is 9.55 Å². The molecule has 1 aromatic heterocycles. The number of carbonyl (C=O) groups excluding carboxylic acids is 1. The first-order chi connectivity index (χ1) is 11.8. The van der Waals surface area contributed by atoms with Crippen molar-refractivity contribution in [2.45, 2.75) is 89.9 Å². The predicted octanol–water partition coefficient (Wildman–Crippen LogP) is 4.42. The van der Waals surface area contributed by atoms with Gasteiger partial charge in [0, 0.05) is 18.9 Å². The molecule has 0 N–H and O–H groups in total. The van der Waals surface area contributed by atoms with E-state index < -0.39 is 6.10 Å². The van der Waals surface area contributed by atoms with E-state index in [4.69, 9.17) is 9.47 Å². The van der Waals surface area contributed by atoms with Crippen LogP contribution < -0.4 is 0 Å². The molecule has 0 spiro atoms. The molecule has 0 aliphatic carbocycles. The molecule has 136 valence electrons. The van der Waals surface area contributed by atoms with E-state index in [2.05, 4.69) is 16.5 Å². The summed E-state index contributed by atoms with van der Waals surface area (Å²) in [4.78, 5) is 15.8. The molecule has 1 aromatic rings. The Morgan fingerprint density at radius 1 is 1.12 bits per heavy atom. The topological polar surface area (TPSA) is 56.7 Å². The van der Waals surface area contributed by atoms with Crippen LogP contribution in [0.1, 0.15) is 83.1 Å². The molecule has 0 radical (unpaired) electrons. The normalized spacial score (nSPS) is 19.4. The minimum absolute atomic E-state index is 0.226. The number of aryl methyl sites for hydroxylation is 1. The standard InChI is InChI=1S/C19H32N2O3/c1-3-4-5-6-7-8-9-10-11-12-14-21-15-13-20-18(21)16-17(24-16)19(22)23-2/h13,15-17H,3-12,14H2,1-2H3/t16-,17-/m0/s1. The van der Waals surface area contributed by atoms with Crippen LogP contribution in [0.3, 0.4) is 0 Å². The molecule has 0 amide bonds. The molecule has 5 heteroatoms. The highest BCUT2D eigenvalue weighted by molar-refractivity contribution is 5.78. The molecule has 0 aromatic carbocycles. The van der Waals surface area contributed by atoms with Crippen molar-refractivity contribution in [3.63, 3.8) is 0 Å². The van der Waals surface area contributed by atoms with Crippen LogP contribution in [0.15, 0.2) is 12.4 Å². The second-order valence-electron chi connectivity index (χ2n) is 6.66. The maximum atomic E-state index is 11.5. The number of aromatic nitrogens is 2. The van der Waals surface area contributed by atoms with Gasteiger partial charge < -0.3 is 14.0 Å². The fourth-order valence-corrected chi connectivity index (χ4v) is 3.14. The number of hydrogen-bond donors (Lipinski definition) is 0. The molecular weight excluding hydrogens is 304 g/mol. The van der Waals surface area contributed by atoms with Crippen molar-refractivity contribution in [2.75, 3.05) is 7.11 Å². The lowest BCUT2D eigenvalue weighted by Crippen LogP contribution is -2.11. The molecule has 0 saturated carbocycles. The van der Waals surface area contributed by atoms with Gasteiger partial charge in [0.1, 0.15) is 5.82 Å². The Morgan fingerprint density at radius 3 is 2.38 bits per heavy atom. The SMILES string of the molecule is CCCCCCCCCCCCn1ccnc1[C@H]1O[C@@H]1C(=O)OC. The zero-order valence-electron chi connectivity index (χ0n) is 15.2. The highest BCUT2D eigenvalue weighted by Gasteiger charge is 2.49. The largest absolute Gasteiger partial charge is 0.467 e. The molecular formula is C19H32N2O3. The van der Waals surface area contributed by atoms with Crippen LogP contribution >= 0.6 is 0 Å². The Morgan fingerprint density at radius 2 is 1.75 bits per heavy atom. The molecule has 1 aliphatic rings. The van der Waals surface area contributed by atoms with Crippen LogP contribution in [0, 0.1) is 0 Å². The van der Waals surface area contributed by atoms with Crippen LogP contribution in [0.25, 0.3) is 0 Å². The summed E-state index contributed by atoms with van der Waals surface area (Å²) in [5.41, 5.74) is 0. The Balaban J connectivity index is 1.54. The van der Waals surface area contributed by atoms with Crippen LogP contribution in [-0.4, -0.2) is 28.7 Å². The fraction of sp³-hybridized carbons (Fsp3) is 0.789. The monoisotopic (exact) mass is 336 g/mol. The van der Waals surface area contributed by atoms with Gasteiger partial charge in [-0.2, -0.15) is 0 Å². The van der Waals surface area contributed by atoms with E-state index in [1.807, 2.05) is 6.20 Å². The Kier molecular flexibility index (Phi) is 8.29. The number of rotatable bonds is 13. The first-order valence-corrected chi connectivity index (χ1v) is 9.52. The molecule has 1 aliphatic heterocycles. The van der Waals surface area contributed by atoms with E-state index in [9.17, 15) is 4.79 Å². The third-order valence-electron chi connectivity index (χ3n) is 4.68. The second kappa shape index (κ2) is 10.5. The van der Waals surface area contributed by atoms with Crippen LogP contribution in [0.5, 0.6) is 0 Å². The lowest BCUT2D eigenvalue weighted by Gasteiger charge is -2.06. The average Bonchev–Trinajstić information content (AvgIpc) is 3.26. The Hall–Kier alpha value is -1.36. The van der Waals surface area contributed by atoms with Crippen LogP contribution in [-0.2, 0) is 20.8 Å². The molecule has 0 unspecified atom stereocenters. The molecule has 2 atom stereocenters. The Labute approximate surface area is 145 Å². The lowest BCUT2D eigenvalue weighted by molar-refractivity contribution is -0.142. The summed E-state index contributed by atoms with van der Waals surface area (Å²) in [5.74, 6) is 0.537. The molecule has 1 fully saturated rings. The third-order valence-corrected chi connectivity index (χ3v) is 4.68. The summed E-state index contributed by atoms with van der Waals surface area (Å²) >= 11 is 0. The zero-order chi connectivity index (χ0) is 17.2. The maximum Gasteiger partial charge on any atom is 0.338 e. The fourth-order valence-electron chi connectivity index (χ4n) is 3.14. The summed E-state index contributed by atoms with van der Waals surface area (Å²) in [6.45, 7) is 3.20. The van der Waals surface area contributed by atoms with Gasteiger partial charge in [-0.25, -0.2) is 9.78 Å². The summed E-state index contributed by atoms with van der Waals surface area (Å²) in [6, 6.07) is 0. The van der Waals surface area contributed by atoms with Crippen LogP contribution in [0.4, 0.5) is 0 Å². The molecule has 5 nitrogen and oxygen atoms in total. The smallest absolute Gasteiger partial charge is 0.338 e. The number of hydrogen-bond acceptors (Lipinski definition) is 4. The summed E-state index contributed by atoms with van der Waals surface area (Å²) in [5, 5.41) is 0. The van der Waals surface area contributed by atoms with E-state index in [-0.39, 0.29) is 12.1 Å². The number of imidazole rings is 1. The number of esters is 1. The lowest BCUT2D eigenvalue weighted by atomic mass is 10.1. The second-order valence-corrected chi connectivity index (χ2v) is 6.66. The zero-order valence-corrected chi connectivity index (χ0v) is 15.2. The van der Waals surface area contributed by atoms with Gasteiger partial charge in [0.15, 0.2) is 12.2 Å². The summed E-state index contributed by atoms with van der Waals surface area (Å²) in [6.07, 6.45) is 16.4. The first kappa shape index (κ1) is 19.0. The van der Waals surface area contributed by atoms with E-state index in [1.165, 1.54) is 64.9 Å². The number of ether oxygens (including phenoxy) is 2. The minimum atomic E-state index is -0.469. The van der Waals surface area contributed by atoms with Gasteiger partial charge in [-0.15, -0.1) is 0 Å². The van der Waals surface area contributed by atoms with Gasteiger partial charge in [0.05, 0.1) is 7.11 Å². The number of carbonyl (C=O) groups is 1. The van der Waals surface area contributed by atoms with E-state index in [1.54, 1.807) is 6.20 Å². The highest BCUT2D eigenvalue weighted by Crippen LogP contribution is 2.38. The van der Waals surface area contributed by atoms with Crippen molar-refractivity contribution in [3.8, 4) is 0 Å². The van der Waals surface area contributed by atoms with Gasteiger partial charge in [0.2, 0.25) is 0 Å². The Bertz CT molecular complexity index is 487. The van der Waals surface area contributed by atoms with Crippen molar-refractivity contribution in [2.24, 2.45) is 0 Å². The first-order valence-electron chi connectivity index (χ1n) is 9.52. The van der Waals surface area contributed by atoms with Gasteiger partial charge >= 0.3 is 5.97 Å². The van der Waals surface area contributed by atoms with Crippen LogP contribution in [0.2, 0.25) is 0 Å². The van der Waals surface area contributed by atoms with Gasteiger partial charge in [0.25, 0.3) is 0 Å².